The number of sulfone groups is 1. The molecule has 0 saturated carbocycles. The van der Waals surface area contributed by atoms with Gasteiger partial charge in [-0.15, -0.1) is 11.3 Å². The first-order chi connectivity index (χ1) is 9.12. The van der Waals surface area contributed by atoms with Gasteiger partial charge in [0.05, 0.1) is 22.0 Å². The molecule has 1 atom stereocenters. The second-order valence-corrected chi connectivity index (χ2v) is 10.2. The maximum Gasteiger partial charge on any atom is 0.241 e. The van der Waals surface area contributed by atoms with Gasteiger partial charge in [0.15, 0.2) is 9.84 Å². The average molecular weight is 339 g/mol. The van der Waals surface area contributed by atoms with E-state index in [1.165, 1.54) is 22.8 Å². The molecule has 2 rings (SSSR count). The number of aryl methyl sites for hydroxylation is 1. The van der Waals surface area contributed by atoms with E-state index in [0.717, 1.165) is 4.88 Å². The number of hydrogen-bond acceptors (Lipinski definition) is 6. The molecule has 114 valence electrons. The molecule has 1 unspecified atom stereocenters. The van der Waals surface area contributed by atoms with Crippen LogP contribution in [0.4, 0.5) is 0 Å². The maximum atomic E-state index is 12.0. The van der Waals surface area contributed by atoms with Crippen LogP contribution in [0.5, 0.6) is 0 Å². The number of hydrogen-bond donors (Lipinski definition) is 2. The van der Waals surface area contributed by atoms with Crippen LogP contribution in [-0.2, 0) is 19.9 Å². The molecule has 20 heavy (non-hydrogen) atoms. The Balaban J connectivity index is 2.08. The van der Waals surface area contributed by atoms with E-state index in [1.807, 2.05) is 0 Å². The summed E-state index contributed by atoms with van der Waals surface area (Å²) >= 11 is 1.31. The molecule has 0 aliphatic carbocycles. The quantitative estimate of drug-likeness (QED) is 0.820. The standard InChI is InChI=1S/C11H17NO5S3/c1-9-5-10(6-18-9)20(16,17)12-7-11(13)3-2-4-19(14,15)8-11/h5-6,12-13H,2-4,7-8H2,1H3. The van der Waals surface area contributed by atoms with Gasteiger partial charge in [0.25, 0.3) is 0 Å². The topological polar surface area (TPSA) is 101 Å². The van der Waals surface area contributed by atoms with Crippen LogP contribution in [-0.4, -0.2) is 45.6 Å². The molecular weight excluding hydrogens is 322 g/mol. The molecule has 2 heterocycles. The molecule has 0 spiro atoms. The van der Waals surface area contributed by atoms with Crippen molar-refractivity contribution >= 4 is 31.2 Å². The summed E-state index contributed by atoms with van der Waals surface area (Å²) in [7, 11) is -7.01. The summed E-state index contributed by atoms with van der Waals surface area (Å²) in [4.78, 5) is 1.01. The van der Waals surface area contributed by atoms with Crippen molar-refractivity contribution in [1.29, 1.82) is 0 Å². The first kappa shape index (κ1) is 15.9. The lowest BCUT2D eigenvalue weighted by Crippen LogP contribution is -2.50. The van der Waals surface area contributed by atoms with Gasteiger partial charge >= 0.3 is 0 Å². The van der Waals surface area contributed by atoms with Gasteiger partial charge in [-0.05, 0) is 25.8 Å². The van der Waals surface area contributed by atoms with Crippen molar-refractivity contribution in [3.05, 3.63) is 16.3 Å². The van der Waals surface area contributed by atoms with E-state index in [0.29, 0.717) is 6.42 Å². The van der Waals surface area contributed by atoms with Gasteiger partial charge in [0.1, 0.15) is 0 Å². The molecule has 1 aromatic heterocycles. The van der Waals surface area contributed by atoms with Crippen molar-refractivity contribution in [1.82, 2.24) is 4.72 Å². The Morgan fingerprint density at radius 3 is 2.75 bits per heavy atom. The van der Waals surface area contributed by atoms with Crippen LogP contribution >= 0.6 is 11.3 Å². The zero-order valence-electron chi connectivity index (χ0n) is 11.0. The normalized spacial score (nSPS) is 26.5. The van der Waals surface area contributed by atoms with Gasteiger partial charge in [0, 0.05) is 16.8 Å². The second kappa shape index (κ2) is 5.38. The zero-order valence-corrected chi connectivity index (χ0v) is 13.4. The monoisotopic (exact) mass is 339 g/mol. The van der Waals surface area contributed by atoms with Gasteiger partial charge in [-0.1, -0.05) is 0 Å². The minimum Gasteiger partial charge on any atom is -0.387 e. The van der Waals surface area contributed by atoms with Crippen molar-refractivity contribution in [2.24, 2.45) is 0 Å². The summed E-state index contributed by atoms with van der Waals surface area (Å²) in [6, 6.07) is 1.54. The average Bonchev–Trinajstić information content (AvgIpc) is 2.73. The molecule has 1 aliphatic rings. The van der Waals surface area contributed by atoms with Gasteiger partial charge < -0.3 is 5.11 Å². The Kier molecular flexibility index (Phi) is 4.27. The smallest absolute Gasteiger partial charge is 0.241 e. The molecule has 1 aliphatic heterocycles. The van der Waals surface area contributed by atoms with Crippen LogP contribution in [0.3, 0.4) is 0 Å². The number of sulfonamides is 1. The Bertz CT molecular complexity index is 691. The van der Waals surface area contributed by atoms with Crippen LogP contribution in [0.2, 0.25) is 0 Å². The molecule has 0 amide bonds. The lowest BCUT2D eigenvalue weighted by molar-refractivity contribution is 0.0551. The van der Waals surface area contributed by atoms with Gasteiger partial charge in [-0.25, -0.2) is 21.6 Å². The lowest BCUT2D eigenvalue weighted by Gasteiger charge is -2.31. The lowest BCUT2D eigenvalue weighted by atomic mass is 10.0. The van der Waals surface area contributed by atoms with Crippen LogP contribution in [0, 0.1) is 6.92 Å². The van der Waals surface area contributed by atoms with Crippen molar-refractivity contribution in [2.45, 2.75) is 30.3 Å². The fourth-order valence-corrected chi connectivity index (χ4v) is 6.23. The number of nitrogens with one attached hydrogen (secondary N) is 1. The highest BCUT2D eigenvalue weighted by molar-refractivity contribution is 7.91. The SMILES string of the molecule is Cc1cc(S(=O)(=O)NCC2(O)CCCS(=O)(=O)C2)cs1. The zero-order chi connectivity index (χ0) is 15.0. The van der Waals surface area contributed by atoms with E-state index >= 15 is 0 Å². The predicted molar refractivity (Wildman–Crippen MR) is 77.1 cm³/mol. The Labute approximate surface area is 122 Å². The summed E-state index contributed by atoms with van der Waals surface area (Å²) in [6.07, 6.45) is 0.621. The van der Waals surface area contributed by atoms with Crippen LogP contribution in [0.1, 0.15) is 17.7 Å². The summed E-state index contributed by atoms with van der Waals surface area (Å²) in [5.74, 6) is -0.350. The summed E-state index contributed by atoms with van der Waals surface area (Å²) < 4.78 is 49.4. The molecule has 6 nitrogen and oxygen atoms in total. The minimum atomic E-state index is -3.71. The fourth-order valence-electron chi connectivity index (χ4n) is 2.19. The van der Waals surface area contributed by atoms with E-state index in [-0.39, 0.29) is 23.6 Å². The highest BCUT2D eigenvalue weighted by Gasteiger charge is 2.38. The largest absolute Gasteiger partial charge is 0.387 e. The second-order valence-electron chi connectivity index (χ2n) is 5.14. The van der Waals surface area contributed by atoms with E-state index < -0.39 is 31.2 Å². The first-order valence-electron chi connectivity index (χ1n) is 6.10. The molecular formula is C11H17NO5S3. The maximum absolute atomic E-state index is 12.0. The Morgan fingerprint density at radius 1 is 1.50 bits per heavy atom. The van der Waals surface area contributed by atoms with Crippen molar-refractivity contribution in [2.75, 3.05) is 18.1 Å². The third-order valence-corrected chi connectivity index (χ3v) is 7.47. The predicted octanol–water partition coefficient (Wildman–Crippen LogP) is 0.275. The Hall–Kier alpha value is -0.480. The highest BCUT2D eigenvalue weighted by Crippen LogP contribution is 2.23. The molecule has 2 N–H and O–H groups in total. The molecule has 0 aromatic carbocycles. The van der Waals surface area contributed by atoms with Crippen molar-refractivity contribution in [3.8, 4) is 0 Å². The molecule has 1 saturated heterocycles. The third kappa shape index (κ3) is 3.79. The highest BCUT2D eigenvalue weighted by atomic mass is 32.2. The number of aliphatic hydroxyl groups is 1. The van der Waals surface area contributed by atoms with E-state index in [2.05, 4.69) is 4.72 Å². The molecule has 0 radical (unpaired) electrons. The van der Waals surface area contributed by atoms with Gasteiger partial charge in [-0.3, -0.25) is 0 Å². The van der Waals surface area contributed by atoms with Gasteiger partial charge in [0.2, 0.25) is 10.0 Å². The fraction of sp³-hybridized carbons (Fsp3) is 0.636. The number of rotatable bonds is 4. The summed E-state index contributed by atoms with van der Waals surface area (Å²) in [5.41, 5.74) is -1.52. The Morgan fingerprint density at radius 2 is 2.20 bits per heavy atom. The summed E-state index contributed by atoms with van der Waals surface area (Å²) in [6.45, 7) is 1.51. The molecule has 0 bridgehead atoms. The van der Waals surface area contributed by atoms with Crippen LogP contribution < -0.4 is 4.72 Å². The number of thiophene rings is 1. The van der Waals surface area contributed by atoms with Crippen molar-refractivity contribution in [3.63, 3.8) is 0 Å². The minimum absolute atomic E-state index is 0.0474. The third-order valence-electron chi connectivity index (χ3n) is 3.19. The first-order valence-corrected chi connectivity index (χ1v) is 10.3. The van der Waals surface area contributed by atoms with Crippen LogP contribution in [0.25, 0.3) is 0 Å². The molecule has 1 aromatic rings. The summed E-state index contributed by atoms with van der Waals surface area (Å²) in [5, 5.41) is 11.7. The van der Waals surface area contributed by atoms with Crippen LogP contribution in [0.15, 0.2) is 16.3 Å². The van der Waals surface area contributed by atoms with E-state index in [9.17, 15) is 21.9 Å². The molecule has 9 heteroatoms. The van der Waals surface area contributed by atoms with E-state index in [4.69, 9.17) is 0 Å². The van der Waals surface area contributed by atoms with E-state index in [1.54, 1.807) is 6.92 Å². The van der Waals surface area contributed by atoms with Gasteiger partial charge in [-0.2, -0.15) is 0 Å². The molecule has 1 fully saturated rings. The van der Waals surface area contributed by atoms with Crippen molar-refractivity contribution < 1.29 is 21.9 Å².